The Morgan fingerprint density at radius 2 is 2.13 bits per heavy atom. The van der Waals surface area contributed by atoms with Crippen molar-refractivity contribution < 1.29 is 9.53 Å². The summed E-state index contributed by atoms with van der Waals surface area (Å²) in [7, 11) is 0. The summed E-state index contributed by atoms with van der Waals surface area (Å²) >= 11 is 0. The van der Waals surface area contributed by atoms with Crippen molar-refractivity contribution in [3.8, 4) is 6.07 Å². The first kappa shape index (κ1) is 14.0. The number of carbonyl (C=O) groups excluding carboxylic acids is 1. The van der Waals surface area contributed by atoms with Crippen LogP contribution in [-0.4, -0.2) is 12.6 Å². The highest BCUT2D eigenvalue weighted by atomic mass is 16.5. The van der Waals surface area contributed by atoms with Gasteiger partial charge in [0.1, 0.15) is 0 Å². The van der Waals surface area contributed by atoms with Gasteiger partial charge in [-0.2, -0.15) is 5.26 Å². The molecule has 2 atom stereocenters. The summed E-state index contributed by atoms with van der Waals surface area (Å²) in [5.74, 6) is -0.0143. The van der Waals surface area contributed by atoms with Crippen LogP contribution in [0.4, 0.5) is 0 Å². The van der Waals surface area contributed by atoms with E-state index in [1.165, 1.54) is 0 Å². The van der Waals surface area contributed by atoms with Crippen LogP contribution in [0.25, 0.3) is 0 Å². The van der Waals surface area contributed by atoms with Gasteiger partial charge in [-0.25, -0.2) is 0 Å². The monoisotopic (exact) mass is 211 g/mol. The van der Waals surface area contributed by atoms with Gasteiger partial charge in [-0.1, -0.05) is 26.7 Å². The van der Waals surface area contributed by atoms with Gasteiger partial charge in [0.25, 0.3) is 0 Å². The molecule has 0 aromatic carbocycles. The standard InChI is InChI=1S/C12H21NO2/c1-5-7-10(3)8-12(4,9-13)11(14)15-6-2/h10H,5-8H2,1-4H3. The molecule has 0 N–H and O–H groups in total. The van der Waals surface area contributed by atoms with Crippen LogP contribution >= 0.6 is 0 Å². The number of hydrogen-bond donors (Lipinski definition) is 0. The lowest BCUT2D eigenvalue weighted by Gasteiger charge is -2.22. The van der Waals surface area contributed by atoms with Gasteiger partial charge in [-0.3, -0.25) is 4.79 Å². The molecule has 0 bridgehead atoms. The third-order valence-electron chi connectivity index (χ3n) is 2.51. The molecule has 0 aliphatic heterocycles. The molecular formula is C12H21NO2. The van der Waals surface area contributed by atoms with E-state index in [1.54, 1.807) is 13.8 Å². The maximum absolute atomic E-state index is 11.6. The normalized spacial score (nSPS) is 16.2. The molecule has 0 heterocycles. The van der Waals surface area contributed by atoms with Gasteiger partial charge in [-0.15, -0.1) is 0 Å². The molecule has 0 rings (SSSR count). The van der Waals surface area contributed by atoms with Crippen molar-refractivity contribution in [2.24, 2.45) is 11.3 Å². The van der Waals surface area contributed by atoms with Crippen molar-refractivity contribution in [3.63, 3.8) is 0 Å². The number of carbonyl (C=O) groups is 1. The fraction of sp³-hybridized carbons (Fsp3) is 0.833. The molecule has 0 aromatic heterocycles. The van der Waals surface area contributed by atoms with E-state index in [9.17, 15) is 4.79 Å². The highest BCUT2D eigenvalue weighted by molar-refractivity contribution is 5.79. The summed E-state index contributed by atoms with van der Waals surface area (Å²) in [4.78, 5) is 11.6. The van der Waals surface area contributed by atoms with Crippen LogP contribution in [0.2, 0.25) is 0 Å². The second-order valence-corrected chi connectivity index (χ2v) is 4.26. The molecule has 0 aromatic rings. The van der Waals surface area contributed by atoms with Crippen molar-refractivity contribution in [1.82, 2.24) is 0 Å². The van der Waals surface area contributed by atoms with Gasteiger partial charge in [-0.05, 0) is 26.2 Å². The molecule has 0 aliphatic carbocycles. The van der Waals surface area contributed by atoms with Gasteiger partial charge < -0.3 is 4.74 Å². The summed E-state index contributed by atoms with van der Waals surface area (Å²) in [6.07, 6.45) is 2.69. The zero-order chi connectivity index (χ0) is 11.9. The van der Waals surface area contributed by atoms with Crippen LogP contribution in [0, 0.1) is 22.7 Å². The molecule has 0 saturated carbocycles. The first-order valence-electron chi connectivity index (χ1n) is 5.58. The van der Waals surface area contributed by atoms with Crippen LogP contribution in [0.15, 0.2) is 0 Å². The highest BCUT2D eigenvalue weighted by Crippen LogP contribution is 2.29. The quantitative estimate of drug-likeness (QED) is 0.635. The van der Waals surface area contributed by atoms with E-state index < -0.39 is 11.4 Å². The van der Waals surface area contributed by atoms with E-state index in [2.05, 4.69) is 19.9 Å². The largest absolute Gasteiger partial charge is 0.465 e. The molecule has 3 heteroatoms. The Balaban J connectivity index is 4.44. The lowest BCUT2D eigenvalue weighted by molar-refractivity contribution is -0.152. The van der Waals surface area contributed by atoms with E-state index in [0.717, 1.165) is 12.8 Å². The molecule has 15 heavy (non-hydrogen) atoms. The van der Waals surface area contributed by atoms with Gasteiger partial charge in [0.15, 0.2) is 5.41 Å². The third-order valence-corrected chi connectivity index (χ3v) is 2.51. The van der Waals surface area contributed by atoms with Crippen LogP contribution in [0.5, 0.6) is 0 Å². The molecule has 2 unspecified atom stereocenters. The van der Waals surface area contributed by atoms with Gasteiger partial charge in [0.2, 0.25) is 0 Å². The van der Waals surface area contributed by atoms with Gasteiger partial charge >= 0.3 is 5.97 Å². The minimum absolute atomic E-state index is 0.332. The third kappa shape index (κ3) is 4.33. The van der Waals surface area contributed by atoms with Crippen LogP contribution in [0.3, 0.4) is 0 Å². The van der Waals surface area contributed by atoms with E-state index in [0.29, 0.717) is 18.9 Å². The number of ether oxygens (including phenoxy) is 1. The second-order valence-electron chi connectivity index (χ2n) is 4.26. The molecule has 0 fully saturated rings. The average molecular weight is 211 g/mol. The summed E-state index contributed by atoms with van der Waals surface area (Å²) < 4.78 is 4.92. The van der Waals surface area contributed by atoms with Crippen molar-refractivity contribution in [2.45, 2.75) is 47.0 Å². The fourth-order valence-corrected chi connectivity index (χ4v) is 1.76. The topological polar surface area (TPSA) is 50.1 Å². The Morgan fingerprint density at radius 1 is 1.53 bits per heavy atom. The Kier molecular flexibility index (Phi) is 6.00. The Labute approximate surface area is 92.4 Å². The SMILES string of the molecule is CCCC(C)CC(C)(C#N)C(=O)OCC. The first-order chi connectivity index (χ1) is 7.00. The summed E-state index contributed by atoms with van der Waals surface area (Å²) in [5.41, 5.74) is -0.982. The van der Waals surface area contributed by atoms with Crippen molar-refractivity contribution in [3.05, 3.63) is 0 Å². The Bertz CT molecular complexity index is 244. The van der Waals surface area contributed by atoms with Crippen LogP contribution in [0.1, 0.15) is 47.0 Å². The fourth-order valence-electron chi connectivity index (χ4n) is 1.76. The molecular weight excluding hydrogens is 190 g/mol. The lowest BCUT2D eigenvalue weighted by atomic mass is 9.81. The van der Waals surface area contributed by atoms with Crippen molar-refractivity contribution in [2.75, 3.05) is 6.61 Å². The number of rotatable bonds is 6. The molecule has 0 spiro atoms. The van der Waals surface area contributed by atoms with Crippen LogP contribution < -0.4 is 0 Å². The number of nitrogens with zero attached hydrogens (tertiary/aromatic N) is 1. The first-order valence-corrected chi connectivity index (χ1v) is 5.58. The van der Waals surface area contributed by atoms with Crippen molar-refractivity contribution in [1.29, 1.82) is 5.26 Å². The number of nitriles is 1. The van der Waals surface area contributed by atoms with E-state index in [-0.39, 0.29) is 0 Å². The highest BCUT2D eigenvalue weighted by Gasteiger charge is 2.36. The minimum Gasteiger partial charge on any atom is -0.465 e. The lowest BCUT2D eigenvalue weighted by Crippen LogP contribution is -2.30. The maximum Gasteiger partial charge on any atom is 0.326 e. The Morgan fingerprint density at radius 3 is 2.53 bits per heavy atom. The van der Waals surface area contributed by atoms with Gasteiger partial charge in [0, 0.05) is 0 Å². The number of hydrogen-bond acceptors (Lipinski definition) is 3. The summed E-state index contributed by atoms with van der Waals surface area (Å²) in [6, 6.07) is 2.08. The average Bonchev–Trinajstić information content (AvgIpc) is 2.18. The summed E-state index contributed by atoms with van der Waals surface area (Å²) in [5, 5.41) is 9.05. The van der Waals surface area contributed by atoms with Gasteiger partial charge in [0.05, 0.1) is 12.7 Å². The van der Waals surface area contributed by atoms with E-state index >= 15 is 0 Å². The maximum atomic E-state index is 11.6. The molecule has 0 radical (unpaired) electrons. The van der Waals surface area contributed by atoms with E-state index in [4.69, 9.17) is 10.00 Å². The predicted molar refractivity (Wildman–Crippen MR) is 59.0 cm³/mol. The molecule has 0 saturated heterocycles. The zero-order valence-electron chi connectivity index (χ0n) is 10.2. The summed E-state index contributed by atoms with van der Waals surface area (Å²) in [6.45, 7) is 7.92. The number of esters is 1. The molecule has 0 aliphatic rings. The van der Waals surface area contributed by atoms with E-state index in [1.807, 2.05) is 0 Å². The predicted octanol–water partition coefficient (Wildman–Crippen LogP) is 2.91. The Hall–Kier alpha value is -1.04. The minimum atomic E-state index is -0.982. The molecule has 0 amide bonds. The smallest absolute Gasteiger partial charge is 0.326 e. The molecule has 86 valence electrons. The molecule has 3 nitrogen and oxygen atoms in total. The van der Waals surface area contributed by atoms with Crippen molar-refractivity contribution >= 4 is 5.97 Å². The second kappa shape index (κ2) is 6.44. The zero-order valence-corrected chi connectivity index (χ0v) is 10.2. The van der Waals surface area contributed by atoms with Crippen LogP contribution in [-0.2, 0) is 9.53 Å².